The largest absolute Gasteiger partial charge is 0.466 e. The minimum Gasteiger partial charge on any atom is -0.466 e. The summed E-state index contributed by atoms with van der Waals surface area (Å²) >= 11 is 4.21. The van der Waals surface area contributed by atoms with E-state index in [9.17, 15) is 4.79 Å². The Labute approximate surface area is 125 Å². The molecule has 0 aliphatic carbocycles. The molecule has 0 spiro atoms. The first-order valence-corrected chi connectivity index (χ1v) is 8.71. The highest BCUT2D eigenvalue weighted by Crippen LogP contribution is 2.11. The SMILES string of the molecule is CCCCOC(=O)CCCCCCCCCCCS. The summed E-state index contributed by atoms with van der Waals surface area (Å²) in [5, 5.41) is 0. The fraction of sp³-hybridized carbons (Fsp3) is 0.938. The lowest BCUT2D eigenvalue weighted by atomic mass is 10.1. The van der Waals surface area contributed by atoms with E-state index in [4.69, 9.17) is 4.74 Å². The first-order valence-electron chi connectivity index (χ1n) is 8.07. The number of unbranched alkanes of at least 4 members (excludes halogenated alkanes) is 9. The number of carbonyl (C=O) groups is 1. The third-order valence-corrected chi connectivity index (χ3v) is 3.62. The summed E-state index contributed by atoms with van der Waals surface area (Å²) in [6.45, 7) is 2.70. The first-order chi connectivity index (χ1) is 9.31. The molecular weight excluding hydrogens is 256 g/mol. The number of hydrogen-bond acceptors (Lipinski definition) is 3. The lowest BCUT2D eigenvalue weighted by Crippen LogP contribution is -2.05. The van der Waals surface area contributed by atoms with E-state index in [1.807, 2.05) is 0 Å². The molecule has 0 unspecified atom stereocenters. The molecule has 0 saturated heterocycles. The minimum absolute atomic E-state index is 0.0137. The topological polar surface area (TPSA) is 26.3 Å². The maximum absolute atomic E-state index is 11.3. The molecule has 0 rings (SSSR count). The number of hydrogen-bond donors (Lipinski definition) is 1. The van der Waals surface area contributed by atoms with Crippen molar-refractivity contribution in [1.82, 2.24) is 0 Å². The van der Waals surface area contributed by atoms with Crippen LogP contribution < -0.4 is 0 Å². The van der Waals surface area contributed by atoms with Crippen LogP contribution in [0.15, 0.2) is 0 Å². The van der Waals surface area contributed by atoms with Gasteiger partial charge in [0.15, 0.2) is 0 Å². The van der Waals surface area contributed by atoms with Crippen molar-refractivity contribution >= 4 is 18.6 Å². The van der Waals surface area contributed by atoms with Crippen LogP contribution in [-0.4, -0.2) is 18.3 Å². The Morgan fingerprint density at radius 1 is 0.842 bits per heavy atom. The van der Waals surface area contributed by atoms with Crippen LogP contribution in [-0.2, 0) is 9.53 Å². The molecule has 0 aromatic carbocycles. The molecule has 0 saturated carbocycles. The van der Waals surface area contributed by atoms with E-state index < -0.39 is 0 Å². The first kappa shape index (κ1) is 18.8. The van der Waals surface area contributed by atoms with E-state index in [2.05, 4.69) is 19.6 Å². The van der Waals surface area contributed by atoms with Gasteiger partial charge in [-0.05, 0) is 25.0 Å². The lowest BCUT2D eigenvalue weighted by Gasteiger charge is -2.04. The average molecular weight is 288 g/mol. The van der Waals surface area contributed by atoms with Crippen LogP contribution in [0.1, 0.15) is 84.0 Å². The van der Waals surface area contributed by atoms with E-state index in [-0.39, 0.29) is 5.97 Å². The maximum atomic E-state index is 11.3. The van der Waals surface area contributed by atoms with E-state index >= 15 is 0 Å². The van der Waals surface area contributed by atoms with Crippen molar-refractivity contribution in [1.29, 1.82) is 0 Å². The summed E-state index contributed by atoms with van der Waals surface area (Å²) in [5.74, 6) is 1.01. The van der Waals surface area contributed by atoms with Crippen molar-refractivity contribution in [2.75, 3.05) is 12.4 Å². The molecule has 0 aliphatic rings. The van der Waals surface area contributed by atoms with Crippen LogP contribution in [0.4, 0.5) is 0 Å². The van der Waals surface area contributed by atoms with Gasteiger partial charge in [-0.25, -0.2) is 0 Å². The molecule has 0 atom stereocenters. The van der Waals surface area contributed by atoms with Gasteiger partial charge < -0.3 is 4.74 Å². The molecule has 0 amide bonds. The summed E-state index contributed by atoms with van der Waals surface area (Å²) < 4.78 is 5.12. The molecule has 114 valence electrons. The molecule has 0 bridgehead atoms. The molecule has 19 heavy (non-hydrogen) atoms. The number of ether oxygens (including phenoxy) is 1. The maximum Gasteiger partial charge on any atom is 0.305 e. The van der Waals surface area contributed by atoms with E-state index in [1.54, 1.807) is 0 Å². The summed E-state index contributed by atoms with van der Waals surface area (Å²) in [5.41, 5.74) is 0. The van der Waals surface area contributed by atoms with Crippen molar-refractivity contribution in [3.8, 4) is 0 Å². The summed E-state index contributed by atoms with van der Waals surface area (Å²) in [7, 11) is 0. The molecule has 0 fully saturated rings. The highest BCUT2D eigenvalue weighted by atomic mass is 32.1. The van der Waals surface area contributed by atoms with Gasteiger partial charge in [-0.2, -0.15) is 12.6 Å². The second-order valence-corrected chi connectivity index (χ2v) is 5.68. The zero-order chi connectivity index (χ0) is 14.2. The Morgan fingerprint density at radius 2 is 1.37 bits per heavy atom. The van der Waals surface area contributed by atoms with Crippen molar-refractivity contribution in [3.63, 3.8) is 0 Å². The van der Waals surface area contributed by atoms with Gasteiger partial charge in [-0.3, -0.25) is 4.79 Å². The summed E-state index contributed by atoms with van der Waals surface area (Å²) in [6, 6.07) is 0. The van der Waals surface area contributed by atoms with Gasteiger partial charge >= 0.3 is 5.97 Å². The fourth-order valence-electron chi connectivity index (χ4n) is 2.02. The molecule has 0 aliphatic heterocycles. The average Bonchev–Trinajstić information content (AvgIpc) is 2.41. The number of esters is 1. The second-order valence-electron chi connectivity index (χ2n) is 5.23. The zero-order valence-corrected chi connectivity index (χ0v) is 13.6. The number of carbonyl (C=O) groups excluding carboxylic acids is 1. The van der Waals surface area contributed by atoms with Crippen LogP contribution >= 0.6 is 12.6 Å². The van der Waals surface area contributed by atoms with Gasteiger partial charge in [-0.15, -0.1) is 0 Å². The highest BCUT2D eigenvalue weighted by Gasteiger charge is 2.01. The third-order valence-electron chi connectivity index (χ3n) is 3.30. The monoisotopic (exact) mass is 288 g/mol. The van der Waals surface area contributed by atoms with Gasteiger partial charge in [0.2, 0.25) is 0 Å². The smallest absolute Gasteiger partial charge is 0.305 e. The Bertz CT molecular complexity index is 195. The van der Waals surface area contributed by atoms with Gasteiger partial charge in [0, 0.05) is 6.42 Å². The predicted molar refractivity (Wildman–Crippen MR) is 85.9 cm³/mol. The molecule has 0 aromatic heterocycles. The van der Waals surface area contributed by atoms with Crippen LogP contribution in [0.25, 0.3) is 0 Å². The normalized spacial score (nSPS) is 10.6. The Hall–Kier alpha value is -0.180. The quantitative estimate of drug-likeness (QED) is 0.271. The van der Waals surface area contributed by atoms with E-state index in [1.165, 1.54) is 51.4 Å². The van der Waals surface area contributed by atoms with Crippen molar-refractivity contribution < 1.29 is 9.53 Å². The van der Waals surface area contributed by atoms with Gasteiger partial charge in [-0.1, -0.05) is 58.3 Å². The van der Waals surface area contributed by atoms with Crippen molar-refractivity contribution in [2.45, 2.75) is 84.0 Å². The molecule has 0 N–H and O–H groups in total. The highest BCUT2D eigenvalue weighted by molar-refractivity contribution is 7.80. The lowest BCUT2D eigenvalue weighted by molar-refractivity contribution is -0.143. The van der Waals surface area contributed by atoms with Crippen LogP contribution in [0, 0.1) is 0 Å². The Kier molecular flexibility index (Phi) is 15.7. The van der Waals surface area contributed by atoms with E-state index in [0.717, 1.165) is 25.0 Å². The molecular formula is C16H32O2S. The molecule has 3 heteroatoms. The fourth-order valence-corrected chi connectivity index (χ4v) is 2.24. The van der Waals surface area contributed by atoms with Crippen LogP contribution in [0.3, 0.4) is 0 Å². The molecule has 0 aromatic rings. The second kappa shape index (κ2) is 15.9. The van der Waals surface area contributed by atoms with Crippen molar-refractivity contribution in [2.24, 2.45) is 0 Å². The van der Waals surface area contributed by atoms with Crippen LogP contribution in [0.2, 0.25) is 0 Å². The van der Waals surface area contributed by atoms with Crippen molar-refractivity contribution in [3.05, 3.63) is 0 Å². The number of thiol groups is 1. The van der Waals surface area contributed by atoms with Crippen LogP contribution in [0.5, 0.6) is 0 Å². The molecule has 0 radical (unpaired) electrons. The Morgan fingerprint density at radius 3 is 1.89 bits per heavy atom. The van der Waals surface area contributed by atoms with Gasteiger partial charge in [0.25, 0.3) is 0 Å². The molecule has 2 nitrogen and oxygen atoms in total. The van der Waals surface area contributed by atoms with E-state index in [0.29, 0.717) is 13.0 Å². The standard InChI is InChI=1S/C16H32O2S/c1-2-3-14-18-16(17)13-11-9-7-5-4-6-8-10-12-15-19/h19H,2-15H2,1H3. The van der Waals surface area contributed by atoms with Gasteiger partial charge in [0.1, 0.15) is 0 Å². The predicted octanol–water partition coefficient (Wildman–Crippen LogP) is 5.16. The zero-order valence-electron chi connectivity index (χ0n) is 12.7. The minimum atomic E-state index is -0.0137. The number of rotatable bonds is 14. The molecule has 0 heterocycles. The summed E-state index contributed by atoms with van der Waals surface area (Å²) in [4.78, 5) is 11.3. The third kappa shape index (κ3) is 15.8. The van der Waals surface area contributed by atoms with Gasteiger partial charge in [0.05, 0.1) is 6.61 Å². The Balaban J connectivity index is 3.07. The summed E-state index contributed by atoms with van der Waals surface area (Å²) in [6.07, 6.45) is 14.0.